The summed E-state index contributed by atoms with van der Waals surface area (Å²) in [4.78, 5) is 12.9. The van der Waals surface area contributed by atoms with Crippen molar-refractivity contribution in [2.24, 2.45) is 0 Å². The lowest BCUT2D eigenvalue weighted by molar-refractivity contribution is 0.0265. The number of nitrogens with zero attached hydrogens (tertiary/aromatic N) is 1. The molecule has 2 rings (SSSR count). The molecule has 1 heterocycles. The number of aliphatic hydroxyl groups is 1. The third-order valence-electron chi connectivity index (χ3n) is 2.61. The van der Waals surface area contributed by atoms with Crippen LogP contribution in [-0.4, -0.2) is 35.2 Å². The van der Waals surface area contributed by atoms with Gasteiger partial charge >= 0.3 is 6.03 Å². The molecule has 6 heteroatoms. The standard InChI is InChI=1S/C11H12ClFN2O2/c12-9-3-1-2-7(10(9)13)4-14-11(17)15-5-8(16)6-15/h1-3,8,16H,4-6H2,(H,14,17). The first kappa shape index (κ1) is 12.1. The molecule has 2 amide bonds. The minimum atomic E-state index is -0.516. The summed E-state index contributed by atoms with van der Waals surface area (Å²) in [5, 5.41) is 11.6. The second-order valence-corrected chi connectivity index (χ2v) is 4.34. The number of hydrogen-bond acceptors (Lipinski definition) is 2. The van der Waals surface area contributed by atoms with Crippen LogP contribution in [0.2, 0.25) is 5.02 Å². The number of aliphatic hydroxyl groups excluding tert-OH is 1. The molecule has 92 valence electrons. The summed E-state index contributed by atoms with van der Waals surface area (Å²) >= 11 is 5.62. The van der Waals surface area contributed by atoms with Crippen molar-refractivity contribution < 1.29 is 14.3 Å². The maximum atomic E-state index is 13.5. The third-order valence-corrected chi connectivity index (χ3v) is 2.90. The van der Waals surface area contributed by atoms with E-state index >= 15 is 0 Å². The van der Waals surface area contributed by atoms with E-state index in [-0.39, 0.29) is 17.6 Å². The Hall–Kier alpha value is -1.33. The molecule has 0 spiro atoms. The minimum Gasteiger partial charge on any atom is -0.389 e. The SMILES string of the molecule is O=C(NCc1cccc(Cl)c1F)N1CC(O)C1. The van der Waals surface area contributed by atoms with Gasteiger partial charge in [0.05, 0.1) is 24.2 Å². The first-order valence-electron chi connectivity index (χ1n) is 5.21. The zero-order chi connectivity index (χ0) is 12.4. The molecule has 17 heavy (non-hydrogen) atoms. The molecular weight excluding hydrogens is 247 g/mol. The smallest absolute Gasteiger partial charge is 0.317 e. The van der Waals surface area contributed by atoms with Gasteiger partial charge in [0.25, 0.3) is 0 Å². The molecule has 1 aromatic carbocycles. The molecule has 1 aliphatic rings. The van der Waals surface area contributed by atoms with Crippen molar-refractivity contribution in [3.63, 3.8) is 0 Å². The molecule has 0 aliphatic carbocycles. The largest absolute Gasteiger partial charge is 0.389 e. The summed E-state index contributed by atoms with van der Waals surface area (Å²) in [5.41, 5.74) is 0.340. The maximum absolute atomic E-state index is 13.5. The second-order valence-electron chi connectivity index (χ2n) is 3.93. The van der Waals surface area contributed by atoms with Gasteiger partial charge in [-0.1, -0.05) is 23.7 Å². The van der Waals surface area contributed by atoms with E-state index in [4.69, 9.17) is 16.7 Å². The summed E-state index contributed by atoms with van der Waals surface area (Å²) in [6.07, 6.45) is -0.441. The van der Waals surface area contributed by atoms with Crippen LogP contribution in [0.5, 0.6) is 0 Å². The number of hydrogen-bond donors (Lipinski definition) is 2. The van der Waals surface area contributed by atoms with Crippen molar-refractivity contribution in [2.75, 3.05) is 13.1 Å². The Kier molecular flexibility index (Phi) is 3.49. The van der Waals surface area contributed by atoms with Crippen molar-refractivity contribution in [1.82, 2.24) is 10.2 Å². The van der Waals surface area contributed by atoms with Gasteiger partial charge < -0.3 is 15.3 Å². The van der Waals surface area contributed by atoms with Crippen LogP contribution in [0.4, 0.5) is 9.18 Å². The predicted molar refractivity (Wildman–Crippen MR) is 61.2 cm³/mol. The van der Waals surface area contributed by atoms with Crippen LogP contribution in [0.1, 0.15) is 5.56 Å². The fourth-order valence-corrected chi connectivity index (χ4v) is 1.78. The molecule has 4 nitrogen and oxygen atoms in total. The van der Waals surface area contributed by atoms with Crippen LogP contribution in [-0.2, 0) is 6.54 Å². The fraction of sp³-hybridized carbons (Fsp3) is 0.364. The minimum absolute atomic E-state index is 0.0381. The van der Waals surface area contributed by atoms with Crippen LogP contribution in [0.25, 0.3) is 0 Å². The van der Waals surface area contributed by atoms with Gasteiger partial charge in [0.2, 0.25) is 0 Å². The average molecular weight is 259 g/mol. The van der Waals surface area contributed by atoms with Crippen molar-refractivity contribution in [3.05, 3.63) is 34.6 Å². The van der Waals surface area contributed by atoms with Crippen LogP contribution in [0.15, 0.2) is 18.2 Å². The zero-order valence-electron chi connectivity index (χ0n) is 8.99. The van der Waals surface area contributed by atoms with E-state index in [9.17, 15) is 9.18 Å². The summed E-state index contributed by atoms with van der Waals surface area (Å²) in [6.45, 7) is 0.728. The molecule has 0 saturated carbocycles. The number of β-amino-alcohol motifs (C(OH)–C–C–N with tert-alkyl or cyclic N) is 1. The van der Waals surface area contributed by atoms with Gasteiger partial charge in [0.15, 0.2) is 0 Å². The molecule has 1 saturated heterocycles. The number of urea groups is 1. The lowest BCUT2D eigenvalue weighted by Gasteiger charge is -2.35. The summed E-state index contributed by atoms with van der Waals surface area (Å²) in [5.74, 6) is -0.516. The highest BCUT2D eigenvalue weighted by Crippen LogP contribution is 2.17. The summed E-state index contributed by atoms with van der Waals surface area (Å²) in [6, 6.07) is 4.33. The van der Waals surface area contributed by atoms with E-state index in [2.05, 4.69) is 5.32 Å². The van der Waals surface area contributed by atoms with Gasteiger partial charge in [0.1, 0.15) is 5.82 Å². The summed E-state index contributed by atoms with van der Waals surface area (Å²) in [7, 11) is 0. The van der Waals surface area contributed by atoms with Crippen LogP contribution in [0, 0.1) is 5.82 Å². The molecular formula is C11H12ClFN2O2. The van der Waals surface area contributed by atoms with Crippen molar-refractivity contribution in [2.45, 2.75) is 12.6 Å². The van der Waals surface area contributed by atoms with Gasteiger partial charge in [-0.25, -0.2) is 9.18 Å². The fourth-order valence-electron chi connectivity index (χ4n) is 1.59. The van der Waals surface area contributed by atoms with Crippen molar-refractivity contribution in [1.29, 1.82) is 0 Å². The van der Waals surface area contributed by atoms with Gasteiger partial charge in [-0.15, -0.1) is 0 Å². The first-order chi connectivity index (χ1) is 8.08. The summed E-state index contributed by atoms with van der Waals surface area (Å²) < 4.78 is 13.5. The topological polar surface area (TPSA) is 52.6 Å². The Labute approximate surface area is 103 Å². The number of halogens is 2. The number of benzene rings is 1. The second kappa shape index (κ2) is 4.89. The van der Waals surface area contributed by atoms with E-state index in [0.29, 0.717) is 18.7 Å². The highest BCUT2D eigenvalue weighted by molar-refractivity contribution is 6.30. The van der Waals surface area contributed by atoms with Crippen molar-refractivity contribution in [3.8, 4) is 0 Å². The molecule has 1 fully saturated rings. The Morgan fingerprint density at radius 3 is 2.94 bits per heavy atom. The molecule has 1 aromatic rings. The van der Waals surface area contributed by atoms with Crippen molar-refractivity contribution >= 4 is 17.6 Å². The third kappa shape index (κ3) is 2.68. The Balaban J connectivity index is 1.89. The monoisotopic (exact) mass is 258 g/mol. The van der Waals surface area contributed by atoms with Gasteiger partial charge in [-0.05, 0) is 6.07 Å². The van der Waals surface area contributed by atoms with E-state index in [1.54, 1.807) is 12.1 Å². The maximum Gasteiger partial charge on any atom is 0.317 e. The molecule has 2 N–H and O–H groups in total. The Morgan fingerprint density at radius 1 is 1.59 bits per heavy atom. The number of nitrogens with one attached hydrogen (secondary N) is 1. The molecule has 0 radical (unpaired) electrons. The number of carbonyl (C=O) groups excluding carboxylic acids is 1. The van der Waals surface area contributed by atoms with Gasteiger partial charge in [-0.3, -0.25) is 0 Å². The lowest BCUT2D eigenvalue weighted by atomic mass is 10.2. The first-order valence-corrected chi connectivity index (χ1v) is 5.59. The van der Waals surface area contributed by atoms with Crippen LogP contribution >= 0.6 is 11.6 Å². The molecule has 0 bridgehead atoms. The van der Waals surface area contributed by atoms with E-state index in [1.807, 2.05) is 0 Å². The Bertz CT molecular complexity index is 435. The zero-order valence-corrected chi connectivity index (χ0v) is 9.75. The Morgan fingerprint density at radius 2 is 2.29 bits per heavy atom. The molecule has 0 atom stereocenters. The normalized spacial score (nSPS) is 15.6. The molecule has 0 aromatic heterocycles. The number of amides is 2. The highest BCUT2D eigenvalue weighted by atomic mass is 35.5. The predicted octanol–water partition coefficient (Wildman–Crippen LogP) is 1.37. The number of carbonyl (C=O) groups is 1. The van der Waals surface area contributed by atoms with Crippen LogP contribution < -0.4 is 5.32 Å². The van der Waals surface area contributed by atoms with Gasteiger partial charge in [-0.2, -0.15) is 0 Å². The quantitative estimate of drug-likeness (QED) is 0.842. The molecule has 0 unspecified atom stereocenters. The van der Waals surface area contributed by atoms with Gasteiger partial charge in [0, 0.05) is 12.1 Å². The number of rotatable bonds is 2. The van der Waals surface area contributed by atoms with E-state index < -0.39 is 11.9 Å². The van der Waals surface area contributed by atoms with Crippen LogP contribution in [0.3, 0.4) is 0 Å². The lowest BCUT2D eigenvalue weighted by Crippen LogP contribution is -2.56. The molecule has 1 aliphatic heterocycles. The highest BCUT2D eigenvalue weighted by Gasteiger charge is 2.28. The average Bonchev–Trinajstić information content (AvgIpc) is 2.26. The number of likely N-dealkylation sites (tertiary alicyclic amines) is 1. The van der Waals surface area contributed by atoms with E-state index in [0.717, 1.165) is 0 Å². The van der Waals surface area contributed by atoms with E-state index in [1.165, 1.54) is 11.0 Å².